The van der Waals surface area contributed by atoms with Crippen molar-refractivity contribution in [1.82, 2.24) is 14.8 Å². The highest BCUT2D eigenvalue weighted by molar-refractivity contribution is 7.89. The van der Waals surface area contributed by atoms with Crippen LogP contribution in [0.4, 0.5) is 0 Å². The van der Waals surface area contributed by atoms with Crippen molar-refractivity contribution in [3.8, 4) is 11.3 Å². The summed E-state index contributed by atoms with van der Waals surface area (Å²) in [6.45, 7) is 0.0862. The van der Waals surface area contributed by atoms with Crippen LogP contribution in [-0.2, 0) is 21.4 Å². The summed E-state index contributed by atoms with van der Waals surface area (Å²) in [5.74, 6) is -0.692. The molecule has 1 aromatic heterocycles. The zero-order chi connectivity index (χ0) is 17.9. The Bertz CT molecular complexity index is 838. The number of nitrogens with zero attached hydrogens (tertiary/aromatic N) is 2. The first-order valence-corrected chi connectivity index (χ1v) is 9.56. The van der Waals surface area contributed by atoms with Crippen molar-refractivity contribution in [2.24, 2.45) is 0 Å². The van der Waals surface area contributed by atoms with Gasteiger partial charge in [-0.05, 0) is 30.5 Å². The second kappa shape index (κ2) is 7.30. The smallest absolute Gasteiger partial charge is 0.261 e. The fourth-order valence-corrected chi connectivity index (χ4v) is 4.65. The van der Waals surface area contributed by atoms with Crippen molar-refractivity contribution in [3.05, 3.63) is 54.2 Å². The Morgan fingerprint density at radius 2 is 2.00 bits per heavy atom. The number of hydrogen-bond acceptors (Lipinski definition) is 5. The molecule has 2 aromatic rings. The molecule has 132 valence electrons. The fourth-order valence-electron chi connectivity index (χ4n) is 2.95. The van der Waals surface area contributed by atoms with E-state index in [9.17, 15) is 13.2 Å². The van der Waals surface area contributed by atoms with Gasteiger partial charge in [0, 0.05) is 18.3 Å². The topological polar surface area (TPSA) is 99.6 Å². The van der Waals surface area contributed by atoms with Crippen LogP contribution in [0.3, 0.4) is 0 Å². The average Bonchev–Trinajstić information content (AvgIpc) is 2.64. The van der Waals surface area contributed by atoms with Crippen LogP contribution in [0.1, 0.15) is 18.4 Å². The Labute approximate surface area is 146 Å². The van der Waals surface area contributed by atoms with E-state index >= 15 is 0 Å². The maximum Gasteiger partial charge on any atom is 0.261 e. The van der Waals surface area contributed by atoms with E-state index in [1.165, 1.54) is 0 Å². The molecule has 0 unspecified atom stereocenters. The molecular formula is C17H19N3O4S. The fraction of sp³-hybridized carbons (Fsp3) is 0.294. The highest BCUT2D eigenvalue weighted by Crippen LogP contribution is 2.24. The third-order valence-electron chi connectivity index (χ3n) is 4.25. The van der Waals surface area contributed by atoms with Gasteiger partial charge in [0.2, 0.25) is 10.0 Å². The van der Waals surface area contributed by atoms with E-state index in [2.05, 4.69) is 4.98 Å². The van der Waals surface area contributed by atoms with Gasteiger partial charge < -0.3 is 0 Å². The lowest BCUT2D eigenvalue weighted by molar-refractivity contribution is -0.133. The number of nitrogens with one attached hydrogen (secondary N) is 1. The van der Waals surface area contributed by atoms with Crippen LogP contribution >= 0.6 is 0 Å². The van der Waals surface area contributed by atoms with Gasteiger partial charge in [-0.2, -0.15) is 4.31 Å². The zero-order valence-corrected chi connectivity index (χ0v) is 14.3. The van der Waals surface area contributed by atoms with Crippen LogP contribution in [0.2, 0.25) is 0 Å². The second-order valence-corrected chi connectivity index (χ2v) is 7.95. The van der Waals surface area contributed by atoms with Crippen molar-refractivity contribution in [1.29, 1.82) is 0 Å². The molecular weight excluding hydrogens is 342 g/mol. The molecule has 2 N–H and O–H groups in total. The number of amides is 1. The predicted molar refractivity (Wildman–Crippen MR) is 92.0 cm³/mol. The van der Waals surface area contributed by atoms with Crippen LogP contribution in [-0.4, -0.2) is 40.6 Å². The molecule has 1 aliphatic rings. The minimum atomic E-state index is -3.54. The summed E-state index contributed by atoms with van der Waals surface area (Å²) in [5.41, 5.74) is 4.09. The minimum Gasteiger partial charge on any atom is -0.289 e. The average molecular weight is 361 g/mol. The monoisotopic (exact) mass is 361 g/mol. The Morgan fingerprint density at radius 1 is 1.24 bits per heavy atom. The lowest BCUT2D eigenvalue weighted by Crippen LogP contribution is -2.51. The molecule has 0 saturated carbocycles. The molecule has 1 aliphatic heterocycles. The van der Waals surface area contributed by atoms with E-state index in [0.717, 1.165) is 21.1 Å². The third-order valence-corrected chi connectivity index (χ3v) is 6.15. The Hall–Kier alpha value is -2.29. The molecule has 1 amide bonds. The molecule has 1 saturated heterocycles. The molecule has 0 aliphatic carbocycles. The van der Waals surface area contributed by atoms with E-state index in [1.807, 2.05) is 42.5 Å². The van der Waals surface area contributed by atoms with Crippen molar-refractivity contribution in [2.45, 2.75) is 25.4 Å². The van der Waals surface area contributed by atoms with Gasteiger partial charge in [-0.15, -0.1) is 0 Å². The van der Waals surface area contributed by atoms with Gasteiger partial charge in [0.1, 0.15) is 6.04 Å². The zero-order valence-electron chi connectivity index (χ0n) is 13.5. The normalized spacial score (nSPS) is 20.1. The summed E-state index contributed by atoms with van der Waals surface area (Å²) in [6.07, 6.45) is 2.49. The number of rotatable bonds is 4. The van der Waals surface area contributed by atoms with Crippen LogP contribution in [0.15, 0.2) is 48.7 Å². The van der Waals surface area contributed by atoms with Gasteiger partial charge in [0.25, 0.3) is 5.91 Å². The molecule has 0 radical (unpaired) electrons. The van der Waals surface area contributed by atoms with E-state index in [-0.39, 0.29) is 12.3 Å². The maximum absolute atomic E-state index is 12.4. The summed E-state index contributed by atoms with van der Waals surface area (Å²) in [6, 6.07) is 12.1. The Kier molecular flexibility index (Phi) is 5.12. The number of sulfonamides is 1. The van der Waals surface area contributed by atoms with Crippen molar-refractivity contribution < 1.29 is 18.4 Å². The maximum atomic E-state index is 12.4. The van der Waals surface area contributed by atoms with Crippen LogP contribution < -0.4 is 5.48 Å². The van der Waals surface area contributed by atoms with Gasteiger partial charge >= 0.3 is 0 Å². The summed E-state index contributed by atoms with van der Waals surface area (Å²) < 4.78 is 25.9. The van der Waals surface area contributed by atoms with Crippen molar-refractivity contribution >= 4 is 15.9 Å². The summed E-state index contributed by atoms with van der Waals surface area (Å²) >= 11 is 0. The third kappa shape index (κ3) is 3.87. The number of hydrogen-bond donors (Lipinski definition) is 2. The quantitative estimate of drug-likeness (QED) is 0.636. The summed E-state index contributed by atoms with van der Waals surface area (Å²) in [5, 5.41) is 8.88. The van der Waals surface area contributed by atoms with Gasteiger partial charge in [-0.3, -0.25) is 15.0 Å². The van der Waals surface area contributed by atoms with E-state index in [4.69, 9.17) is 5.21 Å². The molecule has 0 bridgehead atoms. The van der Waals surface area contributed by atoms with Crippen molar-refractivity contribution in [2.75, 3.05) is 5.75 Å². The molecule has 7 nitrogen and oxygen atoms in total. The first-order chi connectivity index (χ1) is 12.0. The van der Waals surface area contributed by atoms with Gasteiger partial charge in [0.05, 0.1) is 11.4 Å². The minimum absolute atomic E-state index is 0.00816. The van der Waals surface area contributed by atoms with Gasteiger partial charge in [-0.25, -0.2) is 13.9 Å². The molecule has 1 atom stereocenters. The number of carbonyl (C=O) groups is 1. The van der Waals surface area contributed by atoms with E-state index < -0.39 is 22.0 Å². The Morgan fingerprint density at radius 3 is 2.64 bits per heavy atom. The van der Waals surface area contributed by atoms with E-state index in [0.29, 0.717) is 12.8 Å². The number of aromatic nitrogens is 1. The number of benzene rings is 1. The molecule has 8 heteroatoms. The van der Waals surface area contributed by atoms with E-state index in [1.54, 1.807) is 11.7 Å². The first kappa shape index (κ1) is 17.5. The lowest BCUT2D eigenvalue weighted by atomic mass is 10.1. The van der Waals surface area contributed by atoms with Crippen molar-refractivity contribution in [3.63, 3.8) is 0 Å². The molecule has 1 fully saturated rings. The molecule has 25 heavy (non-hydrogen) atoms. The second-order valence-electron chi connectivity index (χ2n) is 5.91. The Balaban J connectivity index is 1.83. The largest absolute Gasteiger partial charge is 0.289 e. The van der Waals surface area contributed by atoms with Crippen LogP contribution in [0, 0.1) is 0 Å². The molecule has 2 heterocycles. The summed E-state index contributed by atoms with van der Waals surface area (Å²) in [7, 11) is -3.54. The highest BCUT2D eigenvalue weighted by Gasteiger charge is 2.38. The number of pyridine rings is 1. The van der Waals surface area contributed by atoms with Crippen LogP contribution in [0.25, 0.3) is 11.3 Å². The summed E-state index contributed by atoms with van der Waals surface area (Å²) in [4.78, 5) is 16.1. The van der Waals surface area contributed by atoms with Gasteiger partial charge in [0.15, 0.2) is 0 Å². The molecule has 0 spiro atoms. The van der Waals surface area contributed by atoms with Crippen LogP contribution in [0.5, 0.6) is 0 Å². The predicted octanol–water partition coefficient (Wildman–Crippen LogP) is 1.55. The first-order valence-electron chi connectivity index (χ1n) is 7.95. The SMILES string of the molecule is O=C(NO)[C@H]1CCCS(=O)(=O)N1Cc1ccc(-c2ccccn2)cc1. The molecule has 1 aromatic carbocycles. The molecule has 3 rings (SSSR count). The standard InChI is InChI=1S/C17H19N3O4S/c21-17(19-22)16-5-3-11-25(23,24)20(16)12-13-6-8-14(9-7-13)15-4-1-2-10-18-15/h1-2,4,6-10,16,22H,3,5,11-12H2,(H,19,21)/t16-/m1/s1. The highest BCUT2D eigenvalue weighted by atomic mass is 32.2. The lowest BCUT2D eigenvalue weighted by Gasteiger charge is -2.33. The number of hydroxylamine groups is 1. The van der Waals surface area contributed by atoms with Gasteiger partial charge in [-0.1, -0.05) is 30.3 Å². The number of carbonyl (C=O) groups excluding carboxylic acids is 1.